The predicted molar refractivity (Wildman–Crippen MR) is 80.6 cm³/mol. The summed E-state index contributed by atoms with van der Waals surface area (Å²) in [4.78, 5) is 23.7. The first kappa shape index (κ1) is 14.0. The Balaban J connectivity index is 2.17. The van der Waals surface area contributed by atoms with Crippen molar-refractivity contribution in [1.29, 1.82) is 0 Å². The van der Waals surface area contributed by atoms with Crippen LogP contribution in [0, 0.1) is 6.92 Å². The first-order valence-electron chi connectivity index (χ1n) is 6.83. The fraction of sp³-hybridized carbons (Fsp3) is 0.118. The molecule has 3 rings (SSSR count). The van der Waals surface area contributed by atoms with E-state index in [2.05, 4.69) is 5.10 Å². The summed E-state index contributed by atoms with van der Waals surface area (Å²) in [7, 11) is 0. The van der Waals surface area contributed by atoms with E-state index in [0.717, 1.165) is 15.8 Å². The Kier molecular flexibility index (Phi) is 3.47. The number of aromatic carboxylic acids is 1. The number of fused-ring (bicyclic) bond motifs is 1. The molecule has 5 nitrogen and oxygen atoms in total. The van der Waals surface area contributed by atoms with E-state index in [1.165, 1.54) is 0 Å². The Morgan fingerprint density at radius 2 is 1.73 bits per heavy atom. The molecular formula is C17H13N2O3-. The predicted octanol–water partition coefficient (Wildman–Crippen LogP) is 1.12. The van der Waals surface area contributed by atoms with Crippen molar-refractivity contribution in [2.75, 3.05) is 0 Å². The molecule has 0 bridgehead atoms. The summed E-state index contributed by atoms with van der Waals surface area (Å²) in [6, 6.07) is 14.2. The van der Waals surface area contributed by atoms with Crippen molar-refractivity contribution in [3.05, 3.63) is 75.7 Å². The maximum Gasteiger partial charge on any atom is 0.274 e. The van der Waals surface area contributed by atoms with Crippen LogP contribution in [0.4, 0.5) is 0 Å². The zero-order valence-electron chi connectivity index (χ0n) is 11.9. The minimum atomic E-state index is -1.39. The van der Waals surface area contributed by atoms with Gasteiger partial charge in [-0.25, -0.2) is 4.68 Å². The zero-order chi connectivity index (χ0) is 15.7. The van der Waals surface area contributed by atoms with Gasteiger partial charge in [-0.3, -0.25) is 4.79 Å². The molecule has 0 amide bonds. The summed E-state index contributed by atoms with van der Waals surface area (Å²) in [5.74, 6) is -1.39. The second-order valence-corrected chi connectivity index (χ2v) is 5.13. The van der Waals surface area contributed by atoms with Crippen molar-refractivity contribution in [2.45, 2.75) is 13.5 Å². The molecule has 0 unspecified atom stereocenters. The Morgan fingerprint density at radius 1 is 1.09 bits per heavy atom. The fourth-order valence-electron chi connectivity index (χ4n) is 2.36. The van der Waals surface area contributed by atoms with Gasteiger partial charge in [0.2, 0.25) is 0 Å². The van der Waals surface area contributed by atoms with Gasteiger partial charge in [0, 0.05) is 5.39 Å². The second-order valence-electron chi connectivity index (χ2n) is 5.13. The molecule has 1 heterocycles. The smallest absolute Gasteiger partial charge is 0.274 e. The van der Waals surface area contributed by atoms with E-state index in [-0.39, 0.29) is 17.8 Å². The Hall–Kier alpha value is -2.95. The number of benzene rings is 2. The number of carboxylic acid groups (broad SMARTS) is 1. The fourth-order valence-corrected chi connectivity index (χ4v) is 2.36. The lowest BCUT2D eigenvalue weighted by molar-refractivity contribution is -0.255. The van der Waals surface area contributed by atoms with Crippen LogP contribution in [0.2, 0.25) is 0 Å². The molecule has 0 N–H and O–H groups in total. The molecule has 1 aromatic heterocycles. The van der Waals surface area contributed by atoms with Crippen LogP contribution in [0.3, 0.4) is 0 Å². The number of hydrogen-bond acceptors (Lipinski definition) is 4. The average Bonchev–Trinajstić information content (AvgIpc) is 2.52. The van der Waals surface area contributed by atoms with Crippen molar-refractivity contribution in [2.24, 2.45) is 0 Å². The number of hydrogen-bond donors (Lipinski definition) is 0. The molecule has 0 saturated heterocycles. The summed E-state index contributed by atoms with van der Waals surface area (Å²) in [5.41, 5.74) is 1.45. The van der Waals surface area contributed by atoms with Crippen molar-refractivity contribution >= 4 is 16.7 Å². The second kappa shape index (κ2) is 5.44. The van der Waals surface area contributed by atoms with Crippen LogP contribution in [-0.2, 0) is 6.54 Å². The number of aryl methyl sites for hydroxylation is 1. The van der Waals surface area contributed by atoms with Gasteiger partial charge in [0.15, 0.2) is 0 Å². The third kappa shape index (κ3) is 2.48. The number of aromatic nitrogens is 2. The van der Waals surface area contributed by atoms with Crippen molar-refractivity contribution < 1.29 is 9.90 Å². The highest BCUT2D eigenvalue weighted by Gasteiger charge is 2.11. The highest BCUT2D eigenvalue weighted by atomic mass is 16.4. The van der Waals surface area contributed by atoms with Gasteiger partial charge in [-0.2, -0.15) is 5.10 Å². The molecule has 0 aliphatic rings. The number of carbonyl (C=O) groups excluding carboxylic acids is 1. The van der Waals surface area contributed by atoms with E-state index in [0.29, 0.717) is 10.8 Å². The van der Waals surface area contributed by atoms with Gasteiger partial charge < -0.3 is 9.90 Å². The maximum absolute atomic E-state index is 12.5. The highest BCUT2D eigenvalue weighted by molar-refractivity contribution is 6.00. The number of carboxylic acids is 1. The summed E-state index contributed by atoms with van der Waals surface area (Å²) in [6.07, 6.45) is 0. The Bertz CT molecular complexity index is 911. The third-order valence-electron chi connectivity index (χ3n) is 3.51. The van der Waals surface area contributed by atoms with E-state index < -0.39 is 5.97 Å². The van der Waals surface area contributed by atoms with Crippen LogP contribution >= 0.6 is 0 Å². The van der Waals surface area contributed by atoms with Crippen molar-refractivity contribution in [3.63, 3.8) is 0 Å². The van der Waals surface area contributed by atoms with Crippen molar-refractivity contribution in [3.8, 4) is 0 Å². The van der Waals surface area contributed by atoms with E-state index in [1.807, 2.05) is 31.2 Å². The first-order valence-corrected chi connectivity index (χ1v) is 6.83. The molecule has 0 radical (unpaired) electrons. The summed E-state index contributed by atoms with van der Waals surface area (Å²) < 4.78 is 1.16. The molecular weight excluding hydrogens is 280 g/mol. The summed E-state index contributed by atoms with van der Waals surface area (Å²) in [6.45, 7) is 2.18. The van der Waals surface area contributed by atoms with Gasteiger partial charge >= 0.3 is 0 Å². The van der Waals surface area contributed by atoms with Gasteiger partial charge in [0.1, 0.15) is 5.69 Å². The minimum absolute atomic E-state index is 0.213. The van der Waals surface area contributed by atoms with Crippen LogP contribution in [0.15, 0.2) is 53.3 Å². The average molecular weight is 293 g/mol. The number of rotatable bonds is 3. The molecule has 0 saturated carbocycles. The SMILES string of the molecule is Cc1ccc(Cn2nc(C(=O)[O-])c3ccccc3c2=O)cc1. The van der Waals surface area contributed by atoms with Crippen LogP contribution < -0.4 is 10.7 Å². The summed E-state index contributed by atoms with van der Waals surface area (Å²) in [5, 5.41) is 15.9. The topological polar surface area (TPSA) is 75.0 Å². The molecule has 2 aromatic carbocycles. The van der Waals surface area contributed by atoms with Gasteiger partial charge in [-0.1, -0.05) is 48.0 Å². The van der Waals surface area contributed by atoms with Gasteiger partial charge in [0.05, 0.1) is 17.9 Å². The van der Waals surface area contributed by atoms with Crippen LogP contribution in [0.5, 0.6) is 0 Å². The lowest BCUT2D eigenvalue weighted by Crippen LogP contribution is -2.31. The molecule has 0 fully saturated rings. The third-order valence-corrected chi connectivity index (χ3v) is 3.51. The van der Waals surface area contributed by atoms with Gasteiger partial charge in [-0.05, 0) is 18.6 Å². The molecule has 3 aromatic rings. The monoisotopic (exact) mass is 293 g/mol. The molecule has 0 spiro atoms. The lowest BCUT2D eigenvalue weighted by atomic mass is 10.1. The molecule has 0 aliphatic carbocycles. The Morgan fingerprint density at radius 3 is 2.36 bits per heavy atom. The van der Waals surface area contributed by atoms with Gasteiger partial charge in [-0.15, -0.1) is 0 Å². The zero-order valence-corrected chi connectivity index (χ0v) is 11.9. The van der Waals surface area contributed by atoms with Crippen LogP contribution in [0.25, 0.3) is 10.8 Å². The molecule has 22 heavy (non-hydrogen) atoms. The van der Waals surface area contributed by atoms with E-state index >= 15 is 0 Å². The maximum atomic E-state index is 12.5. The van der Waals surface area contributed by atoms with E-state index in [9.17, 15) is 14.7 Å². The molecule has 5 heteroatoms. The normalized spacial score (nSPS) is 10.8. The largest absolute Gasteiger partial charge is 0.543 e. The summed E-state index contributed by atoms with van der Waals surface area (Å²) >= 11 is 0. The Labute approximate surface area is 126 Å². The van der Waals surface area contributed by atoms with Gasteiger partial charge in [0.25, 0.3) is 5.56 Å². The van der Waals surface area contributed by atoms with E-state index in [4.69, 9.17) is 0 Å². The molecule has 0 aliphatic heterocycles. The lowest BCUT2D eigenvalue weighted by Gasteiger charge is -2.11. The number of carbonyl (C=O) groups is 1. The minimum Gasteiger partial charge on any atom is -0.543 e. The molecule has 110 valence electrons. The molecule has 0 atom stereocenters. The number of nitrogens with zero attached hydrogens (tertiary/aromatic N) is 2. The van der Waals surface area contributed by atoms with Crippen LogP contribution in [0.1, 0.15) is 21.6 Å². The standard InChI is InChI=1S/C17H14N2O3/c1-11-6-8-12(9-7-11)10-19-16(20)14-5-3-2-4-13(14)15(18-19)17(21)22/h2-9H,10H2,1H3,(H,21,22)/p-1. The quantitative estimate of drug-likeness (QED) is 0.725. The van der Waals surface area contributed by atoms with Crippen LogP contribution in [-0.4, -0.2) is 15.7 Å². The van der Waals surface area contributed by atoms with Crippen molar-refractivity contribution in [1.82, 2.24) is 9.78 Å². The first-order chi connectivity index (χ1) is 10.6. The van der Waals surface area contributed by atoms with E-state index in [1.54, 1.807) is 24.3 Å². The highest BCUT2D eigenvalue weighted by Crippen LogP contribution is 2.13.